The van der Waals surface area contributed by atoms with E-state index in [4.69, 9.17) is 9.47 Å². The number of nitrogens with one attached hydrogen (secondary N) is 2. The molecule has 2 aromatic rings. The van der Waals surface area contributed by atoms with Crippen LogP contribution in [0.5, 0.6) is 0 Å². The molecule has 10 heteroatoms. The molecule has 42 heavy (non-hydrogen) atoms. The number of allylic oxidation sites excluding steroid dienone is 1. The number of rotatable bonds is 15. The Kier molecular flexibility index (Phi) is 12.8. The molecule has 1 aliphatic rings. The second-order valence-electron chi connectivity index (χ2n) is 10.00. The zero-order valence-corrected chi connectivity index (χ0v) is 23.7. The van der Waals surface area contributed by atoms with Crippen molar-refractivity contribution in [3.05, 3.63) is 96.6 Å². The molecule has 0 spiro atoms. The van der Waals surface area contributed by atoms with E-state index in [9.17, 15) is 24.3 Å². The third-order valence-electron chi connectivity index (χ3n) is 6.97. The van der Waals surface area contributed by atoms with E-state index in [2.05, 4.69) is 23.8 Å². The number of amides is 3. The van der Waals surface area contributed by atoms with Gasteiger partial charge in [-0.25, -0.2) is 9.59 Å². The zero-order valence-electron chi connectivity index (χ0n) is 23.7. The third-order valence-corrected chi connectivity index (χ3v) is 6.97. The molecule has 0 saturated carbocycles. The highest BCUT2D eigenvalue weighted by Crippen LogP contribution is 2.25. The van der Waals surface area contributed by atoms with Gasteiger partial charge in [-0.05, 0) is 36.0 Å². The smallest absolute Gasteiger partial charge is 0.408 e. The van der Waals surface area contributed by atoms with Crippen molar-refractivity contribution >= 4 is 23.9 Å². The molecule has 3 amide bonds. The molecule has 10 nitrogen and oxygen atoms in total. The minimum atomic E-state index is -0.998. The number of carbonyl (C=O) groups excluding carboxylic acids is 4. The topological polar surface area (TPSA) is 134 Å². The summed E-state index contributed by atoms with van der Waals surface area (Å²) >= 11 is 0. The fourth-order valence-corrected chi connectivity index (χ4v) is 4.71. The molecule has 0 radical (unpaired) electrons. The lowest BCUT2D eigenvalue weighted by Crippen LogP contribution is -2.47. The predicted molar refractivity (Wildman–Crippen MR) is 157 cm³/mol. The number of esters is 1. The molecule has 0 bridgehead atoms. The van der Waals surface area contributed by atoms with Crippen molar-refractivity contribution in [1.82, 2.24) is 15.5 Å². The number of ether oxygens (including phenoxy) is 2. The molecule has 2 aromatic carbocycles. The van der Waals surface area contributed by atoms with E-state index in [1.54, 1.807) is 11.0 Å². The minimum absolute atomic E-state index is 0.0159. The van der Waals surface area contributed by atoms with Crippen molar-refractivity contribution in [2.75, 3.05) is 19.8 Å². The van der Waals surface area contributed by atoms with Crippen molar-refractivity contribution in [2.24, 2.45) is 5.92 Å². The molecule has 1 heterocycles. The summed E-state index contributed by atoms with van der Waals surface area (Å²) in [5, 5.41) is 15.1. The highest BCUT2D eigenvalue weighted by molar-refractivity contribution is 5.86. The van der Waals surface area contributed by atoms with Gasteiger partial charge in [-0.2, -0.15) is 0 Å². The lowest BCUT2D eigenvalue weighted by atomic mass is 9.92. The van der Waals surface area contributed by atoms with Crippen molar-refractivity contribution in [1.29, 1.82) is 0 Å². The minimum Gasteiger partial charge on any atom is -0.462 e. The maximum absolute atomic E-state index is 13.2. The van der Waals surface area contributed by atoms with Crippen LogP contribution < -0.4 is 10.6 Å². The van der Waals surface area contributed by atoms with Gasteiger partial charge in [0.1, 0.15) is 19.3 Å². The molecule has 0 aromatic heterocycles. The van der Waals surface area contributed by atoms with Crippen LogP contribution in [0.3, 0.4) is 0 Å². The quantitative estimate of drug-likeness (QED) is 0.168. The Bertz CT molecular complexity index is 1230. The number of hydrogen-bond acceptors (Lipinski definition) is 7. The average Bonchev–Trinajstić information content (AvgIpc) is 3.01. The van der Waals surface area contributed by atoms with E-state index >= 15 is 0 Å². The van der Waals surface area contributed by atoms with Crippen LogP contribution in [0.15, 0.2) is 79.9 Å². The van der Waals surface area contributed by atoms with Crippen LogP contribution in [-0.2, 0) is 43.4 Å². The fraction of sp³-hybridized carbons (Fsp3) is 0.375. The molecule has 1 aliphatic heterocycles. The zero-order chi connectivity index (χ0) is 30.3. The predicted octanol–water partition coefficient (Wildman–Crippen LogP) is 3.05. The van der Waals surface area contributed by atoms with Crippen LogP contribution in [-0.4, -0.2) is 65.7 Å². The number of benzene rings is 2. The Morgan fingerprint density at radius 2 is 1.67 bits per heavy atom. The summed E-state index contributed by atoms with van der Waals surface area (Å²) in [7, 11) is 0. The Morgan fingerprint density at radius 3 is 2.36 bits per heavy atom. The molecule has 0 aliphatic carbocycles. The van der Waals surface area contributed by atoms with Gasteiger partial charge in [0.05, 0.1) is 25.1 Å². The Morgan fingerprint density at radius 1 is 0.976 bits per heavy atom. The number of alkyl carbamates (subject to hydrolysis) is 1. The monoisotopic (exact) mass is 577 g/mol. The first-order valence-electron chi connectivity index (χ1n) is 14.0. The van der Waals surface area contributed by atoms with E-state index in [0.717, 1.165) is 16.7 Å². The fourth-order valence-electron chi connectivity index (χ4n) is 4.71. The molecule has 0 saturated heterocycles. The van der Waals surface area contributed by atoms with Gasteiger partial charge in [0.25, 0.3) is 0 Å². The van der Waals surface area contributed by atoms with Gasteiger partial charge in [0, 0.05) is 13.0 Å². The number of aliphatic hydroxyl groups excluding tert-OH is 1. The van der Waals surface area contributed by atoms with Gasteiger partial charge < -0.3 is 30.1 Å². The molecule has 0 fully saturated rings. The van der Waals surface area contributed by atoms with Crippen molar-refractivity contribution in [2.45, 2.75) is 50.9 Å². The average molecular weight is 578 g/mol. The Labute approximate surface area is 246 Å². The first-order chi connectivity index (χ1) is 20.4. The van der Waals surface area contributed by atoms with Crippen molar-refractivity contribution in [3.8, 4) is 0 Å². The Hall–Kier alpha value is -4.44. The number of carbonyl (C=O) groups is 4. The molecule has 0 unspecified atom stereocenters. The van der Waals surface area contributed by atoms with E-state index < -0.39 is 24.0 Å². The van der Waals surface area contributed by atoms with Crippen molar-refractivity contribution < 1.29 is 33.8 Å². The van der Waals surface area contributed by atoms with E-state index in [-0.39, 0.29) is 63.5 Å². The van der Waals surface area contributed by atoms with Crippen LogP contribution in [0.25, 0.3) is 0 Å². The first-order valence-corrected chi connectivity index (χ1v) is 14.0. The second kappa shape index (κ2) is 16.7. The van der Waals surface area contributed by atoms with Gasteiger partial charge in [-0.3, -0.25) is 9.59 Å². The molecular formula is C32H39N3O7. The molecule has 3 rings (SSSR count). The SMILES string of the molecule is C=CC[C@H](CC(=O)N1Cc2ccccc2C[C@H]1CO)C(=O)NCCOC(=O)[C@@H](CC=C)NC(=O)OCc1ccccc1. The van der Waals surface area contributed by atoms with E-state index in [1.807, 2.05) is 54.6 Å². The number of aliphatic hydroxyl groups is 1. The summed E-state index contributed by atoms with van der Waals surface area (Å²) in [5.74, 6) is -1.96. The lowest BCUT2D eigenvalue weighted by Gasteiger charge is -2.36. The summed E-state index contributed by atoms with van der Waals surface area (Å²) < 4.78 is 10.4. The second-order valence-corrected chi connectivity index (χ2v) is 10.00. The maximum atomic E-state index is 13.2. The number of nitrogens with zero attached hydrogens (tertiary/aromatic N) is 1. The van der Waals surface area contributed by atoms with Gasteiger partial charge in [0.15, 0.2) is 0 Å². The van der Waals surface area contributed by atoms with Crippen LogP contribution in [0.4, 0.5) is 4.79 Å². The van der Waals surface area contributed by atoms with Crippen molar-refractivity contribution in [3.63, 3.8) is 0 Å². The van der Waals surface area contributed by atoms with Gasteiger partial charge >= 0.3 is 12.1 Å². The van der Waals surface area contributed by atoms with Crippen LogP contribution >= 0.6 is 0 Å². The van der Waals surface area contributed by atoms with Crippen LogP contribution in [0.2, 0.25) is 0 Å². The van der Waals surface area contributed by atoms with Gasteiger partial charge in [-0.1, -0.05) is 66.7 Å². The number of fused-ring (bicyclic) bond motifs is 1. The molecule has 3 atom stereocenters. The summed E-state index contributed by atoms with van der Waals surface area (Å²) in [6.07, 6.45) is 3.20. The summed E-state index contributed by atoms with van der Waals surface area (Å²) in [4.78, 5) is 52.5. The molecule has 224 valence electrons. The first kappa shape index (κ1) is 32.1. The highest BCUT2D eigenvalue weighted by atomic mass is 16.6. The van der Waals surface area contributed by atoms with E-state index in [1.165, 1.54) is 6.08 Å². The summed E-state index contributed by atoms with van der Waals surface area (Å²) in [6, 6.07) is 15.6. The third kappa shape index (κ3) is 9.59. The van der Waals surface area contributed by atoms with Crippen LogP contribution in [0, 0.1) is 5.92 Å². The lowest BCUT2D eigenvalue weighted by molar-refractivity contribution is -0.146. The molecular weight excluding hydrogens is 538 g/mol. The highest BCUT2D eigenvalue weighted by Gasteiger charge is 2.31. The van der Waals surface area contributed by atoms with Crippen LogP contribution in [0.1, 0.15) is 36.0 Å². The summed E-state index contributed by atoms with van der Waals surface area (Å²) in [5.41, 5.74) is 2.93. The number of hydrogen-bond donors (Lipinski definition) is 3. The summed E-state index contributed by atoms with van der Waals surface area (Å²) in [6.45, 7) is 7.45. The maximum Gasteiger partial charge on any atom is 0.408 e. The largest absolute Gasteiger partial charge is 0.462 e. The Balaban J connectivity index is 1.45. The normalized spacial score (nSPS) is 15.4. The van der Waals surface area contributed by atoms with Gasteiger partial charge in [-0.15, -0.1) is 13.2 Å². The van der Waals surface area contributed by atoms with E-state index in [0.29, 0.717) is 13.0 Å². The van der Waals surface area contributed by atoms with Gasteiger partial charge in [0.2, 0.25) is 11.8 Å². The standard InChI is InChI=1S/C32H39N3O7/c1-3-10-25(19-29(37)35-20-26-15-9-8-14-24(26)18-27(35)21-36)30(38)33-16-17-41-31(39)28(11-4-2)34-32(40)42-22-23-12-6-5-7-13-23/h3-9,12-15,25,27-28,36H,1-2,10-11,16-22H2,(H,33,38)(H,34,40)/t25-,27+,28-/m1/s1. The molecule has 3 N–H and O–H groups in total.